The van der Waals surface area contributed by atoms with Gasteiger partial charge >= 0.3 is 0 Å². The van der Waals surface area contributed by atoms with Crippen LogP contribution >= 0.6 is 12.4 Å². The lowest BCUT2D eigenvalue weighted by molar-refractivity contribution is -0.133. The van der Waals surface area contributed by atoms with E-state index in [4.69, 9.17) is 5.73 Å². The van der Waals surface area contributed by atoms with Crippen molar-refractivity contribution >= 4 is 28.3 Å². The van der Waals surface area contributed by atoms with E-state index in [0.717, 1.165) is 22.3 Å². The molecule has 1 saturated heterocycles. The van der Waals surface area contributed by atoms with Crippen LogP contribution in [0.4, 0.5) is 0 Å². The van der Waals surface area contributed by atoms with E-state index in [0.29, 0.717) is 31.1 Å². The molecule has 142 valence electrons. The van der Waals surface area contributed by atoms with Gasteiger partial charge in [0.1, 0.15) is 0 Å². The van der Waals surface area contributed by atoms with E-state index in [1.54, 1.807) is 11.8 Å². The number of halogens is 1. The van der Waals surface area contributed by atoms with Crippen LogP contribution in [0.1, 0.15) is 29.2 Å². The lowest BCUT2D eigenvalue weighted by Gasteiger charge is -2.35. The maximum atomic E-state index is 13.1. The van der Waals surface area contributed by atoms with E-state index in [1.165, 1.54) is 4.31 Å². The Morgan fingerprint density at radius 3 is 1.88 bits per heavy atom. The summed E-state index contributed by atoms with van der Waals surface area (Å²) in [4.78, 5) is 14.0. The molecular weight excluding hydrogens is 362 g/mol. The predicted octanol–water partition coefficient (Wildman–Crippen LogP) is 1.52. The highest BCUT2D eigenvalue weighted by atomic mass is 35.5. The average molecular weight is 390 g/mol. The van der Waals surface area contributed by atoms with Crippen LogP contribution in [-0.2, 0) is 14.8 Å². The van der Waals surface area contributed by atoms with Crippen molar-refractivity contribution in [2.45, 2.75) is 45.6 Å². The summed E-state index contributed by atoms with van der Waals surface area (Å²) in [6.07, 6.45) is 0. The zero-order valence-electron chi connectivity index (χ0n) is 15.5. The second kappa shape index (κ2) is 8.03. The first kappa shape index (κ1) is 21.9. The Labute approximate surface area is 156 Å². The summed E-state index contributed by atoms with van der Waals surface area (Å²) in [6, 6.07) is 1.46. The largest absolute Gasteiger partial charge is 0.339 e. The van der Waals surface area contributed by atoms with Crippen molar-refractivity contribution in [3.8, 4) is 0 Å². The fourth-order valence-electron chi connectivity index (χ4n) is 3.13. The number of hydrogen-bond acceptors (Lipinski definition) is 4. The molecule has 1 aliphatic rings. The smallest absolute Gasteiger partial charge is 0.243 e. The summed E-state index contributed by atoms with van der Waals surface area (Å²) in [5.74, 6) is -0.134. The van der Waals surface area contributed by atoms with Crippen LogP contribution < -0.4 is 5.73 Å². The van der Waals surface area contributed by atoms with E-state index < -0.39 is 16.1 Å². The van der Waals surface area contributed by atoms with Gasteiger partial charge in [0.2, 0.25) is 15.9 Å². The fraction of sp³-hybridized carbons (Fsp3) is 0.588. The van der Waals surface area contributed by atoms with Gasteiger partial charge in [-0.25, -0.2) is 8.42 Å². The summed E-state index contributed by atoms with van der Waals surface area (Å²) in [7, 11) is -3.57. The van der Waals surface area contributed by atoms with Gasteiger partial charge in [-0.15, -0.1) is 12.4 Å². The Bertz CT molecular complexity index is 729. The maximum Gasteiger partial charge on any atom is 0.243 e. The van der Waals surface area contributed by atoms with Gasteiger partial charge in [-0.05, 0) is 56.9 Å². The number of aryl methyl sites for hydroxylation is 2. The number of benzene rings is 1. The zero-order valence-corrected chi connectivity index (χ0v) is 17.1. The normalized spacial score (nSPS) is 17.1. The topological polar surface area (TPSA) is 83.7 Å². The van der Waals surface area contributed by atoms with Crippen LogP contribution in [0.2, 0.25) is 0 Å². The van der Waals surface area contributed by atoms with Crippen LogP contribution in [-0.4, -0.2) is 55.8 Å². The number of sulfonamides is 1. The first-order chi connectivity index (χ1) is 11.1. The SMILES string of the molecule is Cc1cc(C)c(C)c(S(=O)(=O)N2CCN(C(=O)C(C)N)CC2)c1C.Cl. The van der Waals surface area contributed by atoms with Gasteiger partial charge in [-0.3, -0.25) is 4.79 Å². The second-order valence-electron chi connectivity index (χ2n) is 6.61. The highest BCUT2D eigenvalue weighted by molar-refractivity contribution is 7.89. The van der Waals surface area contributed by atoms with Crippen molar-refractivity contribution < 1.29 is 13.2 Å². The fourth-order valence-corrected chi connectivity index (χ4v) is 5.13. The Morgan fingerprint density at radius 1 is 1.04 bits per heavy atom. The molecule has 1 fully saturated rings. The van der Waals surface area contributed by atoms with Crippen LogP contribution in [0.5, 0.6) is 0 Å². The van der Waals surface area contributed by atoms with Gasteiger partial charge in [-0.1, -0.05) is 6.07 Å². The average Bonchev–Trinajstić information content (AvgIpc) is 2.52. The highest BCUT2D eigenvalue weighted by Gasteiger charge is 2.33. The summed E-state index contributed by atoms with van der Waals surface area (Å²) in [5, 5.41) is 0. The van der Waals surface area contributed by atoms with Crippen LogP contribution in [0, 0.1) is 27.7 Å². The maximum absolute atomic E-state index is 13.1. The number of rotatable bonds is 3. The summed E-state index contributed by atoms with van der Waals surface area (Å²) < 4.78 is 27.8. The molecule has 25 heavy (non-hydrogen) atoms. The van der Waals surface area contributed by atoms with Gasteiger partial charge in [-0.2, -0.15) is 4.31 Å². The van der Waals surface area contributed by atoms with Gasteiger partial charge in [0.05, 0.1) is 10.9 Å². The molecule has 1 aromatic rings. The predicted molar refractivity (Wildman–Crippen MR) is 102 cm³/mol. The van der Waals surface area contributed by atoms with Crippen molar-refractivity contribution in [3.05, 3.63) is 28.3 Å². The molecule has 2 rings (SSSR count). The zero-order chi connectivity index (χ0) is 18.2. The van der Waals surface area contributed by atoms with E-state index in [9.17, 15) is 13.2 Å². The molecule has 1 aromatic carbocycles. The molecule has 0 spiro atoms. The second-order valence-corrected chi connectivity index (χ2v) is 8.48. The molecule has 1 aliphatic heterocycles. The van der Waals surface area contributed by atoms with Gasteiger partial charge in [0.25, 0.3) is 0 Å². The molecule has 0 radical (unpaired) electrons. The molecule has 0 bridgehead atoms. The number of carbonyl (C=O) groups is 1. The third-order valence-corrected chi connectivity index (χ3v) is 7.01. The third-order valence-electron chi connectivity index (χ3n) is 4.83. The standard InChI is InChI=1S/C17H27N3O3S.ClH/c1-11-10-12(2)14(4)16(13(11)3)24(22,23)20-8-6-19(7-9-20)17(21)15(5)18;/h10,15H,6-9,18H2,1-5H3;1H. The molecule has 1 unspecified atom stereocenters. The highest BCUT2D eigenvalue weighted by Crippen LogP contribution is 2.29. The number of piperazine rings is 1. The van der Waals surface area contributed by atoms with Crippen LogP contribution in [0.15, 0.2) is 11.0 Å². The Hall–Kier alpha value is -1.15. The Kier molecular flexibility index (Phi) is 7.03. The lowest BCUT2D eigenvalue weighted by Crippen LogP contribution is -2.53. The van der Waals surface area contributed by atoms with Crippen LogP contribution in [0.3, 0.4) is 0 Å². The summed E-state index contributed by atoms with van der Waals surface area (Å²) in [5.41, 5.74) is 9.17. The van der Waals surface area contributed by atoms with Gasteiger partial charge in [0, 0.05) is 26.2 Å². The minimum absolute atomic E-state index is 0. The molecule has 0 aliphatic carbocycles. The van der Waals surface area contributed by atoms with Crippen molar-refractivity contribution in [3.63, 3.8) is 0 Å². The molecular formula is C17H28ClN3O3S. The summed E-state index contributed by atoms with van der Waals surface area (Å²) >= 11 is 0. The molecule has 1 atom stereocenters. The first-order valence-electron chi connectivity index (χ1n) is 8.19. The number of nitrogens with two attached hydrogens (primary N) is 1. The summed E-state index contributed by atoms with van der Waals surface area (Å²) in [6.45, 7) is 10.6. The number of nitrogens with zero attached hydrogens (tertiary/aromatic N) is 2. The van der Waals surface area contributed by atoms with E-state index >= 15 is 0 Å². The molecule has 1 heterocycles. The van der Waals surface area contributed by atoms with Crippen molar-refractivity contribution in [2.75, 3.05) is 26.2 Å². The van der Waals surface area contributed by atoms with E-state index in [-0.39, 0.29) is 18.3 Å². The van der Waals surface area contributed by atoms with E-state index in [2.05, 4.69) is 0 Å². The van der Waals surface area contributed by atoms with Crippen molar-refractivity contribution in [2.24, 2.45) is 5.73 Å². The van der Waals surface area contributed by atoms with E-state index in [1.807, 2.05) is 33.8 Å². The molecule has 0 aromatic heterocycles. The number of carbonyl (C=O) groups excluding carboxylic acids is 1. The third kappa shape index (κ3) is 4.16. The molecule has 8 heteroatoms. The number of hydrogen-bond donors (Lipinski definition) is 1. The quantitative estimate of drug-likeness (QED) is 0.849. The monoisotopic (exact) mass is 389 g/mol. The molecule has 0 saturated carbocycles. The lowest BCUT2D eigenvalue weighted by atomic mass is 10.0. The first-order valence-corrected chi connectivity index (χ1v) is 9.63. The van der Waals surface area contributed by atoms with Crippen molar-refractivity contribution in [1.82, 2.24) is 9.21 Å². The Balaban J connectivity index is 0.00000312. The van der Waals surface area contributed by atoms with Crippen molar-refractivity contribution in [1.29, 1.82) is 0 Å². The van der Waals surface area contributed by atoms with Gasteiger partial charge < -0.3 is 10.6 Å². The Morgan fingerprint density at radius 2 is 1.48 bits per heavy atom. The van der Waals surface area contributed by atoms with Gasteiger partial charge in [0.15, 0.2) is 0 Å². The minimum Gasteiger partial charge on any atom is -0.339 e. The molecule has 2 N–H and O–H groups in total. The molecule has 1 amide bonds. The van der Waals surface area contributed by atoms with Crippen LogP contribution in [0.25, 0.3) is 0 Å². The molecule has 6 nitrogen and oxygen atoms in total. The minimum atomic E-state index is -3.57. The number of amides is 1.